The average molecular weight is 292 g/mol. The number of aliphatic hydroxyl groups excluding tert-OH is 1. The van der Waals surface area contributed by atoms with Crippen molar-refractivity contribution in [3.8, 4) is 11.5 Å². The fraction of sp³-hybridized carbons (Fsp3) is 0.647. The summed E-state index contributed by atoms with van der Waals surface area (Å²) in [6.07, 6.45) is 4.49. The molecule has 0 aromatic heterocycles. The molecule has 1 saturated heterocycles. The first-order chi connectivity index (χ1) is 10.3. The topological polar surface area (TPSA) is 47.9 Å². The van der Waals surface area contributed by atoms with Crippen LogP contribution in [0.1, 0.15) is 25.7 Å². The Morgan fingerprint density at radius 3 is 2.57 bits per heavy atom. The van der Waals surface area contributed by atoms with Crippen molar-refractivity contribution in [2.75, 3.05) is 26.9 Å². The van der Waals surface area contributed by atoms with Crippen molar-refractivity contribution >= 4 is 0 Å². The van der Waals surface area contributed by atoms with Gasteiger partial charge in [-0.3, -0.25) is 0 Å². The molecule has 1 aromatic rings. The Labute approximate surface area is 126 Å². The van der Waals surface area contributed by atoms with Crippen LogP contribution in [0.5, 0.6) is 11.5 Å². The highest BCUT2D eigenvalue weighted by atomic mass is 16.5. The number of benzene rings is 1. The molecule has 1 aliphatic carbocycles. The molecular formula is C17H24O4. The Morgan fingerprint density at radius 1 is 1.24 bits per heavy atom. The van der Waals surface area contributed by atoms with Gasteiger partial charge in [-0.2, -0.15) is 0 Å². The Bertz CT molecular complexity index is 454. The molecule has 4 nitrogen and oxygen atoms in total. The van der Waals surface area contributed by atoms with Crippen molar-refractivity contribution in [1.82, 2.24) is 0 Å². The van der Waals surface area contributed by atoms with Crippen molar-refractivity contribution in [2.45, 2.75) is 31.8 Å². The maximum Gasteiger partial charge on any atom is 0.119 e. The minimum atomic E-state index is -0.104. The zero-order valence-corrected chi connectivity index (χ0v) is 12.6. The molecule has 21 heavy (non-hydrogen) atoms. The summed E-state index contributed by atoms with van der Waals surface area (Å²) in [5, 5.41) is 9.88. The molecule has 1 heterocycles. The van der Waals surface area contributed by atoms with Crippen molar-refractivity contribution in [2.24, 2.45) is 11.3 Å². The van der Waals surface area contributed by atoms with E-state index in [1.54, 1.807) is 7.11 Å². The van der Waals surface area contributed by atoms with E-state index < -0.39 is 0 Å². The Kier molecular flexibility index (Phi) is 4.36. The first kappa shape index (κ1) is 14.7. The molecule has 0 bridgehead atoms. The quantitative estimate of drug-likeness (QED) is 0.839. The maximum absolute atomic E-state index is 9.88. The zero-order valence-electron chi connectivity index (χ0n) is 12.6. The van der Waals surface area contributed by atoms with Gasteiger partial charge in [-0.05, 0) is 55.9 Å². The van der Waals surface area contributed by atoms with E-state index >= 15 is 0 Å². The summed E-state index contributed by atoms with van der Waals surface area (Å²) in [5.41, 5.74) is -0.104. The van der Waals surface area contributed by atoms with Crippen LogP contribution in [0.15, 0.2) is 24.3 Å². The molecule has 116 valence electrons. The van der Waals surface area contributed by atoms with E-state index in [1.165, 1.54) is 12.8 Å². The molecule has 2 fully saturated rings. The number of methoxy groups -OCH3 is 1. The Balaban J connectivity index is 1.55. The van der Waals surface area contributed by atoms with Gasteiger partial charge >= 0.3 is 0 Å². The highest BCUT2D eigenvalue weighted by molar-refractivity contribution is 5.31. The van der Waals surface area contributed by atoms with E-state index in [2.05, 4.69) is 0 Å². The lowest BCUT2D eigenvalue weighted by atomic mass is 9.77. The molecule has 4 heteroatoms. The standard InChI is InChI=1S/C17H24O4/c1-19-14-4-6-15(7-5-14)20-10-8-17(12-18)9-11-21-16(17)13-2-3-13/h4-7,13,16,18H,2-3,8-12H2,1H3. The van der Waals surface area contributed by atoms with Crippen LogP contribution in [-0.2, 0) is 4.74 Å². The van der Waals surface area contributed by atoms with Gasteiger partial charge in [0.25, 0.3) is 0 Å². The first-order valence-electron chi connectivity index (χ1n) is 7.77. The molecule has 3 rings (SSSR count). The van der Waals surface area contributed by atoms with Crippen molar-refractivity contribution in [3.05, 3.63) is 24.3 Å². The summed E-state index contributed by atoms with van der Waals surface area (Å²) in [5.74, 6) is 2.32. The van der Waals surface area contributed by atoms with Crippen molar-refractivity contribution in [1.29, 1.82) is 0 Å². The van der Waals surface area contributed by atoms with Crippen LogP contribution in [0, 0.1) is 11.3 Å². The van der Waals surface area contributed by atoms with Gasteiger partial charge in [-0.15, -0.1) is 0 Å². The highest BCUT2D eigenvalue weighted by Gasteiger charge is 2.50. The molecule has 1 aromatic carbocycles. The van der Waals surface area contributed by atoms with E-state index in [9.17, 15) is 5.11 Å². The SMILES string of the molecule is COc1ccc(OCCC2(CO)CCOC2C2CC2)cc1. The molecule has 0 amide bonds. The Morgan fingerprint density at radius 2 is 1.95 bits per heavy atom. The van der Waals surface area contributed by atoms with Crippen LogP contribution >= 0.6 is 0 Å². The van der Waals surface area contributed by atoms with Crippen molar-refractivity contribution < 1.29 is 19.3 Å². The minimum absolute atomic E-state index is 0.104. The molecular weight excluding hydrogens is 268 g/mol. The van der Waals surface area contributed by atoms with Gasteiger partial charge in [0.05, 0.1) is 26.4 Å². The summed E-state index contributed by atoms with van der Waals surface area (Å²) in [4.78, 5) is 0. The third kappa shape index (κ3) is 3.16. The molecule has 2 unspecified atom stereocenters. The smallest absolute Gasteiger partial charge is 0.119 e. The fourth-order valence-electron chi connectivity index (χ4n) is 3.30. The van der Waals surface area contributed by atoms with E-state index in [-0.39, 0.29) is 18.1 Å². The second kappa shape index (κ2) is 6.24. The lowest BCUT2D eigenvalue weighted by Gasteiger charge is -2.32. The van der Waals surface area contributed by atoms with Crippen LogP contribution in [0.25, 0.3) is 0 Å². The third-order valence-corrected chi connectivity index (χ3v) is 4.79. The van der Waals surface area contributed by atoms with Gasteiger partial charge < -0.3 is 19.3 Å². The van der Waals surface area contributed by atoms with Crippen LogP contribution in [0.3, 0.4) is 0 Å². The van der Waals surface area contributed by atoms with Crippen LogP contribution < -0.4 is 9.47 Å². The molecule has 1 saturated carbocycles. The van der Waals surface area contributed by atoms with Gasteiger partial charge in [0.1, 0.15) is 11.5 Å². The summed E-state index contributed by atoms with van der Waals surface area (Å²) in [7, 11) is 1.65. The molecule has 1 N–H and O–H groups in total. The summed E-state index contributed by atoms with van der Waals surface area (Å²) < 4.78 is 16.8. The minimum Gasteiger partial charge on any atom is -0.497 e. The number of hydrogen-bond acceptors (Lipinski definition) is 4. The fourth-order valence-corrected chi connectivity index (χ4v) is 3.30. The van der Waals surface area contributed by atoms with Gasteiger partial charge in [-0.1, -0.05) is 0 Å². The zero-order chi connectivity index (χ0) is 14.7. The normalized spacial score (nSPS) is 28.6. The van der Waals surface area contributed by atoms with E-state index in [0.29, 0.717) is 12.5 Å². The Hall–Kier alpha value is -1.26. The molecule has 0 spiro atoms. The summed E-state index contributed by atoms with van der Waals surface area (Å²) in [6.45, 7) is 1.57. The number of ether oxygens (including phenoxy) is 3. The maximum atomic E-state index is 9.88. The van der Waals surface area contributed by atoms with E-state index in [1.807, 2.05) is 24.3 Å². The number of aliphatic hydroxyl groups is 1. The molecule has 1 aliphatic heterocycles. The van der Waals surface area contributed by atoms with E-state index in [4.69, 9.17) is 14.2 Å². The van der Waals surface area contributed by atoms with Crippen LogP contribution in [0.2, 0.25) is 0 Å². The van der Waals surface area contributed by atoms with Gasteiger partial charge in [0.15, 0.2) is 0 Å². The van der Waals surface area contributed by atoms with Gasteiger partial charge in [-0.25, -0.2) is 0 Å². The number of rotatable bonds is 7. The first-order valence-corrected chi connectivity index (χ1v) is 7.77. The largest absolute Gasteiger partial charge is 0.497 e. The molecule has 2 aliphatic rings. The van der Waals surface area contributed by atoms with Crippen LogP contribution in [0.4, 0.5) is 0 Å². The second-order valence-corrected chi connectivity index (χ2v) is 6.17. The third-order valence-electron chi connectivity index (χ3n) is 4.79. The second-order valence-electron chi connectivity index (χ2n) is 6.17. The van der Waals surface area contributed by atoms with Crippen LogP contribution in [-0.4, -0.2) is 38.1 Å². The molecule has 0 radical (unpaired) electrons. The molecule has 2 atom stereocenters. The lowest BCUT2D eigenvalue weighted by Crippen LogP contribution is -2.37. The predicted molar refractivity (Wildman–Crippen MR) is 79.7 cm³/mol. The summed E-state index contributed by atoms with van der Waals surface area (Å²) in [6, 6.07) is 7.60. The summed E-state index contributed by atoms with van der Waals surface area (Å²) >= 11 is 0. The monoisotopic (exact) mass is 292 g/mol. The number of hydrogen-bond donors (Lipinski definition) is 1. The van der Waals surface area contributed by atoms with Gasteiger partial charge in [0, 0.05) is 12.0 Å². The average Bonchev–Trinajstić information content (AvgIpc) is 3.29. The van der Waals surface area contributed by atoms with E-state index in [0.717, 1.165) is 30.9 Å². The lowest BCUT2D eigenvalue weighted by molar-refractivity contribution is -0.0105. The van der Waals surface area contributed by atoms with Gasteiger partial charge in [0.2, 0.25) is 0 Å². The highest BCUT2D eigenvalue weighted by Crippen LogP contribution is 2.49. The predicted octanol–water partition coefficient (Wildman–Crippen LogP) is 2.64. The van der Waals surface area contributed by atoms with Crippen molar-refractivity contribution in [3.63, 3.8) is 0 Å².